The Labute approximate surface area is 232 Å². The van der Waals surface area contributed by atoms with Crippen LogP contribution in [-0.4, -0.2) is 61.5 Å². The molecule has 11 nitrogen and oxygen atoms in total. The average molecular weight is 594 g/mol. The van der Waals surface area contributed by atoms with E-state index in [1.54, 1.807) is 24.5 Å². The Hall–Kier alpha value is -3.62. The molecule has 0 spiro atoms. The summed E-state index contributed by atoms with van der Waals surface area (Å²) >= 11 is 1.99. The SMILES string of the molecule is C=CCn1c(=NC(=O)CS(=O)(=O)CC(=O)Nc2sc(C(=O)OCC)c(C)c2C(=O)OCC)sc2ccccc21. The molecule has 0 aliphatic carbocycles. The summed E-state index contributed by atoms with van der Waals surface area (Å²) in [4.78, 5) is 54.4. The van der Waals surface area contributed by atoms with Crippen LogP contribution in [0.5, 0.6) is 0 Å². The number of nitrogens with zero attached hydrogens (tertiary/aromatic N) is 2. The van der Waals surface area contributed by atoms with E-state index in [1.165, 1.54) is 18.3 Å². The number of benzene rings is 1. The number of nitrogens with one attached hydrogen (secondary N) is 1. The third kappa shape index (κ3) is 7.28. The largest absolute Gasteiger partial charge is 0.462 e. The number of esters is 2. The number of anilines is 1. The van der Waals surface area contributed by atoms with Gasteiger partial charge in [-0.15, -0.1) is 17.9 Å². The van der Waals surface area contributed by atoms with Crippen LogP contribution in [0.3, 0.4) is 0 Å². The highest BCUT2D eigenvalue weighted by Crippen LogP contribution is 2.34. The number of allylic oxidation sites excluding steroid dienone is 1. The first kappa shape index (κ1) is 29.9. The van der Waals surface area contributed by atoms with Crippen molar-refractivity contribution in [2.24, 2.45) is 4.99 Å². The van der Waals surface area contributed by atoms with Crippen molar-refractivity contribution in [3.63, 3.8) is 0 Å². The first-order chi connectivity index (χ1) is 18.5. The van der Waals surface area contributed by atoms with Gasteiger partial charge in [0.25, 0.3) is 5.91 Å². The Morgan fingerprint density at radius 1 is 1.05 bits per heavy atom. The number of carbonyl (C=O) groups excluding carboxylic acids is 4. The number of hydrogen-bond acceptors (Lipinski definition) is 10. The molecule has 0 unspecified atom stereocenters. The van der Waals surface area contributed by atoms with E-state index in [1.807, 2.05) is 24.3 Å². The van der Waals surface area contributed by atoms with Crippen molar-refractivity contribution in [1.29, 1.82) is 0 Å². The zero-order chi connectivity index (χ0) is 28.7. The molecule has 3 rings (SSSR count). The lowest BCUT2D eigenvalue weighted by molar-refractivity contribution is -0.115. The Kier molecular flexibility index (Phi) is 9.94. The predicted octanol–water partition coefficient (Wildman–Crippen LogP) is 3.09. The van der Waals surface area contributed by atoms with Gasteiger partial charge in [-0.05, 0) is 38.5 Å². The van der Waals surface area contributed by atoms with E-state index >= 15 is 0 Å². The molecule has 0 fully saturated rings. The molecule has 3 aromatic rings. The molecular formula is C25H27N3O8S3. The van der Waals surface area contributed by atoms with Crippen LogP contribution >= 0.6 is 22.7 Å². The number of sulfone groups is 1. The summed E-state index contributed by atoms with van der Waals surface area (Å²) in [7, 11) is -4.23. The monoisotopic (exact) mass is 593 g/mol. The molecule has 14 heteroatoms. The summed E-state index contributed by atoms with van der Waals surface area (Å²) in [6.45, 7) is 8.92. The molecular weight excluding hydrogens is 566 g/mol. The zero-order valence-electron chi connectivity index (χ0n) is 21.5. The minimum atomic E-state index is -4.23. The quantitative estimate of drug-likeness (QED) is 0.263. The molecule has 0 radical (unpaired) electrons. The van der Waals surface area contributed by atoms with Crippen LogP contribution < -0.4 is 10.1 Å². The molecule has 208 valence electrons. The van der Waals surface area contributed by atoms with Crippen molar-refractivity contribution in [1.82, 2.24) is 4.57 Å². The first-order valence-corrected chi connectivity index (χ1v) is 15.2. The van der Waals surface area contributed by atoms with E-state index in [0.29, 0.717) is 11.3 Å². The third-order valence-electron chi connectivity index (χ3n) is 5.15. The van der Waals surface area contributed by atoms with Gasteiger partial charge in [-0.2, -0.15) is 4.99 Å². The van der Waals surface area contributed by atoms with Gasteiger partial charge in [-0.1, -0.05) is 29.5 Å². The molecule has 0 bridgehead atoms. The number of aromatic nitrogens is 1. The number of amides is 2. The van der Waals surface area contributed by atoms with Crippen LogP contribution in [0, 0.1) is 6.92 Å². The first-order valence-electron chi connectivity index (χ1n) is 11.8. The van der Waals surface area contributed by atoms with Crippen molar-refractivity contribution >= 4 is 71.5 Å². The van der Waals surface area contributed by atoms with Crippen LogP contribution in [0.1, 0.15) is 39.4 Å². The molecule has 0 atom stereocenters. The Balaban J connectivity index is 1.80. The molecule has 2 aromatic heterocycles. The summed E-state index contributed by atoms with van der Waals surface area (Å²) in [5.41, 5.74) is 0.987. The van der Waals surface area contributed by atoms with Gasteiger partial charge in [0, 0.05) is 6.54 Å². The number of carbonyl (C=O) groups is 4. The predicted molar refractivity (Wildman–Crippen MR) is 149 cm³/mol. The van der Waals surface area contributed by atoms with E-state index in [2.05, 4.69) is 16.9 Å². The third-order valence-corrected chi connectivity index (χ3v) is 8.79. The molecule has 0 saturated heterocycles. The minimum absolute atomic E-state index is 0.0445. The van der Waals surface area contributed by atoms with Crippen molar-refractivity contribution in [3.05, 3.63) is 57.7 Å². The summed E-state index contributed by atoms with van der Waals surface area (Å²) in [6.07, 6.45) is 1.63. The van der Waals surface area contributed by atoms with Gasteiger partial charge in [0.05, 0.1) is 29.0 Å². The lowest BCUT2D eigenvalue weighted by atomic mass is 10.1. The highest BCUT2D eigenvalue weighted by atomic mass is 32.2. The van der Waals surface area contributed by atoms with E-state index < -0.39 is 45.1 Å². The smallest absolute Gasteiger partial charge is 0.348 e. The molecule has 1 N–H and O–H groups in total. The molecule has 0 aliphatic heterocycles. The molecule has 0 aliphatic rings. The molecule has 2 amide bonds. The Bertz CT molecular complexity index is 1610. The van der Waals surface area contributed by atoms with Gasteiger partial charge in [0.15, 0.2) is 14.6 Å². The van der Waals surface area contributed by atoms with Gasteiger partial charge in [0.2, 0.25) is 5.91 Å². The molecule has 1 aromatic carbocycles. The van der Waals surface area contributed by atoms with Gasteiger partial charge in [0.1, 0.15) is 21.4 Å². The second-order valence-corrected chi connectivity index (χ2v) is 12.1. The lowest BCUT2D eigenvalue weighted by Crippen LogP contribution is -2.28. The van der Waals surface area contributed by atoms with Gasteiger partial charge in [-0.3, -0.25) is 9.59 Å². The molecule has 0 saturated carbocycles. The second-order valence-electron chi connectivity index (χ2n) is 8.04. The number of hydrogen-bond donors (Lipinski definition) is 1. The zero-order valence-corrected chi connectivity index (χ0v) is 24.0. The molecule has 2 heterocycles. The fourth-order valence-electron chi connectivity index (χ4n) is 3.59. The number of para-hydroxylation sites is 1. The van der Waals surface area contributed by atoms with Crippen molar-refractivity contribution in [2.45, 2.75) is 27.3 Å². The Morgan fingerprint density at radius 2 is 1.72 bits per heavy atom. The van der Waals surface area contributed by atoms with Crippen LogP contribution in [0.4, 0.5) is 5.00 Å². The fourth-order valence-corrected chi connectivity index (χ4v) is 6.77. The topological polar surface area (TPSA) is 150 Å². The number of rotatable bonds is 11. The number of fused-ring (bicyclic) bond motifs is 1. The summed E-state index contributed by atoms with van der Waals surface area (Å²) in [5.74, 6) is -5.44. The standard InChI is InChI=1S/C25H27N3O8S3/c1-5-12-28-16-10-8-9-11-17(16)37-25(28)27-19(30)14-39(33,34)13-18(29)26-22-20(23(31)35-6-2)15(4)21(38-22)24(32)36-7-3/h5,8-11H,1,6-7,12-14H2,2-4H3,(H,26,29). The average Bonchev–Trinajstić information content (AvgIpc) is 3.35. The number of ether oxygens (including phenoxy) is 2. The highest BCUT2D eigenvalue weighted by molar-refractivity contribution is 7.92. The maximum atomic E-state index is 12.7. The van der Waals surface area contributed by atoms with Gasteiger partial charge >= 0.3 is 11.9 Å². The fraction of sp³-hybridized carbons (Fsp3) is 0.320. The van der Waals surface area contributed by atoms with Crippen LogP contribution in [0.25, 0.3) is 10.2 Å². The van der Waals surface area contributed by atoms with E-state index in [-0.39, 0.29) is 34.2 Å². The van der Waals surface area contributed by atoms with Crippen molar-refractivity contribution in [2.75, 3.05) is 30.0 Å². The summed E-state index contributed by atoms with van der Waals surface area (Å²) < 4.78 is 38.0. The van der Waals surface area contributed by atoms with E-state index in [9.17, 15) is 27.6 Å². The number of thiophene rings is 1. The summed E-state index contributed by atoms with van der Waals surface area (Å²) in [5, 5.41) is 2.31. The summed E-state index contributed by atoms with van der Waals surface area (Å²) in [6, 6.07) is 7.38. The lowest BCUT2D eigenvalue weighted by Gasteiger charge is -2.07. The second kappa shape index (κ2) is 13.0. The maximum Gasteiger partial charge on any atom is 0.348 e. The van der Waals surface area contributed by atoms with Gasteiger partial charge in [-0.25, -0.2) is 18.0 Å². The van der Waals surface area contributed by atoms with Crippen LogP contribution in [-0.2, 0) is 35.4 Å². The van der Waals surface area contributed by atoms with Crippen molar-refractivity contribution < 1.29 is 37.1 Å². The Morgan fingerprint density at radius 3 is 2.38 bits per heavy atom. The van der Waals surface area contributed by atoms with Crippen molar-refractivity contribution in [3.8, 4) is 0 Å². The normalized spacial score (nSPS) is 11.8. The number of thiazole rings is 1. The van der Waals surface area contributed by atoms with Crippen LogP contribution in [0.2, 0.25) is 0 Å². The molecule has 39 heavy (non-hydrogen) atoms. The van der Waals surface area contributed by atoms with E-state index in [4.69, 9.17) is 9.47 Å². The highest BCUT2D eigenvalue weighted by Gasteiger charge is 2.29. The minimum Gasteiger partial charge on any atom is -0.462 e. The maximum absolute atomic E-state index is 12.7. The van der Waals surface area contributed by atoms with Crippen LogP contribution in [0.15, 0.2) is 41.9 Å². The van der Waals surface area contributed by atoms with Gasteiger partial charge < -0.3 is 19.4 Å². The van der Waals surface area contributed by atoms with E-state index in [0.717, 1.165) is 21.6 Å².